The fourth-order valence-corrected chi connectivity index (χ4v) is 4.26. The van der Waals surface area contributed by atoms with Gasteiger partial charge in [-0.2, -0.15) is 8.78 Å². The highest BCUT2D eigenvalue weighted by Gasteiger charge is 2.54. The zero-order valence-electron chi connectivity index (χ0n) is 12.1. The number of carbonyl (C=O) groups is 1. The maximum Gasteiger partial charge on any atom is 0.311 e. The summed E-state index contributed by atoms with van der Waals surface area (Å²) < 4.78 is 29.9. The van der Waals surface area contributed by atoms with Crippen LogP contribution in [0.4, 0.5) is 8.78 Å². The van der Waals surface area contributed by atoms with Crippen LogP contribution >= 0.6 is 11.8 Å². The molecular weight excluding hydrogens is 312 g/mol. The average molecular weight is 331 g/mol. The molecule has 7 heteroatoms. The molecule has 2 fully saturated rings. The number of thioether (sulfide) groups is 1. The van der Waals surface area contributed by atoms with Crippen LogP contribution in [0.25, 0.3) is 0 Å². The van der Waals surface area contributed by atoms with Crippen molar-refractivity contribution in [1.29, 1.82) is 0 Å². The van der Waals surface area contributed by atoms with Crippen LogP contribution in [-0.4, -0.2) is 34.8 Å². The summed E-state index contributed by atoms with van der Waals surface area (Å²) in [7, 11) is 0. The highest BCUT2D eigenvalue weighted by Crippen LogP contribution is 2.49. The largest absolute Gasteiger partial charge is 0.481 e. The Morgan fingerprint density at radius 1 is 1.50 bits per heavy atom. The van der Waals surface area contributed by atoms with Crippen molar-refractivity contribution in [1.82, 2.24) is 4.90 Å². The molecule has 122 valence electrons. The van der Waals surface area contributed by atoms with Crippen LogP contribution in [0.1, 0.15) is 30.8 Å². The van der Waals surface area contributed by atoms with Gasteiger partial charge in [-0.25, -0.2) is 0 Å². The smallest absolute Gasteiger partial charge is 0.311 e. The number of aliphatic carboxylic acids is 1. The molecule has 1 aromatic heterocycles. The third kappa shape index (κ3) is 3.01. The van der Waals surface area contributed by atoms with Crippen LogP contribution in [0.15, 0.2) is 16.5 Å². The summed E-state index contributed by atoms with van der Waals surface area (Å²) in [5.74, 6) is -1.47. The number of furan rings is 1. The lowest BCUT2D eigenvalue weighted by Crippen LogP contribution is -2.35. The molecular formula is C15H19F2NO3S. The van der Waals surface area contributed by atoms with E-state index in [-0.39, 0.29) is 11.7 Å². The van der Waals surface area contributed by atoms with Crippen molar-refractivity contribution in [2.75, 3.05) is 13.1 Å². The van der Waals surface area contributed by atoms with Crippen LogP contribution in [0.2, 0.25) is 0 Å². The molecule has 3 rings (SSSR count). The van der Waals surface area contributed by atoms with Crippen LogP contribution in [0, 0.1) is 11.3 Å². The number of nitrogens with zero attached hydrogens (tertiary/aromatic N) is 1. The van der Waals surface area contributed by atoms with Gasteiger partial charge in [-0.3, -0.25) is 9.69 Å². The van der Waals surface area contributed by atoms with Crippen LogP contribution in [-0.2, 0) is 17.1 Å². The van der Waals surface area contributed by atoms with Crippen LogP contribution in [0.3, 0.4) is 0 Å². The standard InChI is InChI=1S/C15H19F2NO3S/c16-14(17)22-8-12-4-3-11(21-12)7-18-6-10-2-1-5-15(10,9-18)13(19)20/h3-4,10,14H,1-2,5-9H2,(H,19,20)/t10-,15+/m0/s1. The van der Waals surface area contributed by atoms with Gasteiger partial charge >= 0.3 is 5.97 Å². The zero-order chi connectivity index (χ0) is 15.7. The summed E-state index contributed by atoms with van der Waals surface area (Å²) in [6, 6.07) is 3.51. The number of halogens is 2. The van der Waals surface area contributed by atoms with Gasteiger partial charge < -0.3 is 9.52 Å². The first-order chi connectivity index (χ1) is 10.5. The van der Waals surface area contributed by atoms with Gasteiger partial charge in [0.25, 0.3) is 5.76 Å². The van der Waals surface area contributed by atoms with Crippen molar-refractivity contribution < 1.29 is 23.1 Å². The van der Waals surface area contributed by atoms with E-state index in [1.54, 1.807) is 12.1 Å². The molecule has 0 radical (unpaired) electrons. The van der Waals surface area contributed by atoms with Crippen molar-refractivity contribution in [3.05, 3.63) is 23.7 Å². The minimum absolute atomic E-state index is 0.152. The minimum Gasteiger partial charge on any atom is -0.481 e. The Morgan fingerprint density at radius 2 is 2.27 bits per heavy atom. The van der Waals surface area contributed by atoms with E-state index < -0.39 is 17.1 Å². The molecule has 0 unspecified atom stereocenters. The van der Waals surface area contributed by atoms with E-state index in [0.29, 0.717) is 36.4 Å². The first-order valence-corrected chi connectivity index (χ1v) is 8.47. The monoisotopic (exact) mass is 331 g/mol. The van der Waals surface area contributed by atoms with Gasteiger partial charge in [-0.05, 0) is 30.9 Å². The summed E-state index contributed by atoms with van der Waals surface area (Å²) in [5, 5.41) is 9.56. The van der Waals surface area contributed by atoms with E-state index in [2.05, 4.69) is 4.90 Å². The summed E-state index contributed by atoms with van der Waals surface area (Å²) >= 11 is 0.539. The summed E-state index contributed by atoms with van der Waals surface area (Å²) in [5.41, 5.74) is -0.596. The van der Waals surface area contributed by atoms with Crippen molar-refractivity contribution in [2.45, 2.75) is 37.3 Å². The minimum atomic E-state index is -2.40. The molecule has 4 nitrogen and oxygen atoms in total. The SMILES string of the molecule is O=C(O)[C@@]12CCC[C@H]1CN(Cc1ccc(CSC(F)F)o1)C2. The number of alkyl halides is 2. The Balaban J connectivity index is 1.60. The number of carboxylic acids is 1. The van der Waals surface area contributed by atoms with Crippen molar-refractivity contribution in [3.8, 4) is 0 Å². The Morgan fingerprint density at radius 3 is 2.95 bits per heavy atom. The summed E-state index contributed by atoms with van der Waals surface area (Å²) in [4.78, 5) is 13.7. The molecule has 1 saturated heterocycles. The molecule has 2 heterocycles. The second kappa shape index (κ2) is 6.20. The molecule has 0 spiro atoms. The second-order valence-corrected chi connectivity index (χ2v) is 7.14. The van der Waals surface area contributed by atoms with Gasteiger partial charge in [0, 0.05) is 13.1 Å². The van der Waals surface area contributed by atoms with E-state index in [4.69, 9.17) is 4.42 Å². The topological polar surface area (TPSA) is 53.7 Å². The fourth-order valence-electron chi connectivity index (χ4n) is 3.81. The molecule has 1 aliphatic carbocycles. The molecule has 1 aromatic rings. The van der Waals surface area contributed by atoms with Gasteiger partial charge in [-0.15, -0.1) is 0 Å². The lowest BCUT2D eigenvalue weighted by molar-refractivity contribution is -0.149. The van der Waals surface area contributed by atoms with Gasteiger partial charge in [0.1, 0.15) is 11.5 Å². The van der Waals surface area contributed by atoms with Gasteiger partial charge in [0.15, 0.2) is 0 Å². The Labute approximate surface area is 131 Å². The number of likely N-dealkylation sites (tertiary alicyclic amines) is 1. The number of rotatable bonds is 6. The predicted octanol–water partition coefficient (Wildman–Crippen LogP) is 3.42. The van der Waals surface area contributed by atoms with E-state index in [1.165, 1.54) is 0 Å². The maximum atomic E-state index is 12.2. The maximum absolute atomic E-state index is 12.2. The second-order valence-electron chi connectivity index (χ2n) is 6.16. The molecule has 1 N–H and O–H groups in total. The quantitative estimate of drug-likeness (QED) is 0.865. The van der Waals surface area contributed by atoms with E-state index >= 15 is 0 Å². The predicted molar refractivity (Wildman–Crippen MR) is 78.7 cm³/mol. The average Bonchev–Trinajstić information content (AvgIpc) is 3.10. The molecule has 2 aliphatic rings. The van der Waals surface area contributed by atoms with E-state index in [0.717, 1.165) is 25.8 Å². The van der Waals surface area contributed by atoms with Crippen molar-refractivity contribution in [3.63, 3.8) is 0 Å². The molecule has 2 atom stereocenters. The lowest BCUT2D eigenvalue weighted by atomic mass is 9.81. The number of fused-ring (bicyclic) bond motifs is 1. The van der Waals surface area contributed by atoms with Crippen molar-refractivity contribution in [2.24, 2.45) is 11.3 Å². The van der Waals surface area contributed by atoms with Crippen LogP contribution in [0.5, 0.6) is 0 Å². The van der Waals surface area contributed by atoms with Gasteiger partial charge in [-0.1, -0.05) is 18.2 Å². The van der Waals surface area contributed by atoms with E-state index in [1.807, 2.05) is 0 Å². The molecule has 0 bridgehead atoms. The normalized spacial score (nSPS) is 28.4. The molecule has 0 amide bonds. The molecule has 22 heavy (non-hydrogen) atoms. The van der Waals surface area contributed by atoms with Gasteiger partial charge in [0.2, 0.25) is 0 Å². The third-order valence-corrected chi connectivity index (χ3v) is 5.52. The Hall–Kier alpha value is -1.08. The molecule has 0 aromatic carbocycles. The van der Waals surface area contributed by atoms with Crippen LogP contribution < -0.4 is 0 Å². The first-order valence-electron chi connectivity index (χ1n) is 7.43. The molecule has 1 aliphatic heterocycles. The van der Waals surface area contributed by atoms with E-state index in [9.17, 15) is 18.7 Å². The Kier molecular flexibility index (Phi) is 4.45. The van der Waals surface area contributed by atoms with Gasteiger partial charge in [0.05, 0.1) is 17.7 Å². The first kappa shape index (κ1) is 15.8. The molecule has 1 saturated carbocycles. The zero-order valence-corrected chi connectivity index (χ0v) is 13.0. The number of hydrogen-bond donors (Lipinski definition) is 1. The highest BCUT2D eigenvalue weighted by atomic mass is 32.2. The number of hydrogen-bond acceptors (Lipinski definition) is 4. The highest BCUT2D eigenvalue weighted by molar-refractivity contribution is 7.98. The third-order valence-electron chi connectivity index (χ3n) is 4.82. The number of carboxylic acid groups (broad SMARTS) is 1. The lowest BCUT2D eigenvalue weighted by Gasteiger charge is -2.23. The summed E-state index contributed by atoms with van der Waals surface area (Å²) in [6.07, 6.45) is 2.70. The fraction of sp³-hybridized carbons (Fsp3) is 0.667. The van der Waals surface area contributed by atoms with Crippen molar-refractivity contribution >= 4 is 17.7 Å². The summed E-state index contributed by atoms with van der Waals surface area (Å²) in [6.45, 7) is 1.87. The Bertz CT molecular complexity index is 551.